The lowest BCUT2D eigenvalue weighted by molar-refractivity contribution is -0.391. The second-order valence-corrected chi connectivity index (χ2v) is 2.39. The molecule has 2 heteroatoms. The lowest BCUT2D eigenvalue weighted by Gasteiger charge is -1.87. The van der Waals surface area contributed by atoms with E-state index < -0.39 is 0 Å². The van der Waals surface area contributed by atoms with Crippen molar-refractivity contribution in [2.24, 2.45) is 0 Å². The van der Waals surface area contributed by atoms with E-state index in [4.69, 9.17) is 0 Å². The van der Waals surface area contributed by atoms with Gasteiger partial charge in [0.15, 0.2) is 0 Å². The normalized spacial score (nSPS) is 10.3. The summed E-state index contributed by atoms with van der Waals surface area (Å²) in [6, 6.07) is 10.7. The molecule has 0 aliphatic heterocycles. The van der Waals surface area contributed by atoms with Crippen LogP contribution in [-0.2, 0) is 0 Å². The first kappa shape index (κ1) is 6.28. The van der Waals surface area contributed by atoms with Crippen molar-refractivity contribution in [1.82, 2.24) is 0 Å². The maximum Gasteiger partial charge on any atom is 0.358 e. The number of pyridine rings is 1. The van der Waals surface area contributed by atoms with Crippen molar-refractivity contribution in [3.63, 3.8) is 0 Å². The number of hydrogen-bond acceptors (Lipinski definition) is 0. The van der Waals surface area contributed by atoms with E-state index in [9.17, 15) is 4.39 Å². The van der Waals surface area contributed by atoms with Crippen molar-refractivity contribution in [3.8, 4) is 0 Å². The molecule has 2 aromatic rings. The first-order valence-corrected chi connectivity index (χ1v) is 3.43. The van der Waals surface area contributed by atoms with Crippen LogP contribution in [-0.4, -0.2) is 0 Å². The number of aromatic nitrogens is 1. The van der Waals surface area contributed by atoms with Gasteiger partial charge in [0.2, 0.25) is 5.52 Å². The minimum atomic E-state index is -0.302. The second kappa shape index (κ2) is 2.31. The monoisotopic (exact) mass is 148 g/mol. The summed E-state index contributed by atoms with van der Waals surface area (Å²) < 4.78 is 12.6. The van der Waals surface area contributed by atoms with E-state index in [1.807, 2.05) is 24.3 Å². The van der Waals surface area contributed by atoms with Crippen LogP contribution in [0.1, 0.15) is 0 Å². The quantitative estimate of drug-likeness (QED) is 0.506. The van der Waals surface area contributed by atoms with Gasteiger partial charge < -0.3 is 0 Å². The summed E-state index contributed by atoms with van der Waals surface area (Å²) in [6.45, 7) is 0. The Morgan fingerprint density at radius 3 is 2.73 bits per heavy atom. The molecule has 0 spiro atoms. The molecule has 1 N–H and O–H groups in total. The molecule has 1 aromatic heterocycles. The van der Waals surface area contributed by atoms with E-state index in [0.29, 0.717) is 0 Å². The van der Waals surface area contributed by atoms with E-state index >= 15 is 0 Å². The molecule has 1 nitrogen and oxygen atoms in total. The summed E-state index contributed by atoms with van der Waals surface area (Å²) in [5.74, 6) is -0.302. The van der Waals surface area contributed by atoms with E-state index in [0.717, 1.165) is 10.9 Å². The van der Waals surface area contributed by atoms with Crippen molar-refractivity contribution in [3.05, 3.63) is 42.3 Å². The number of hydrogen-bond donors (Lipinski definition) is 0. The Hall–Kier alpha value is -1.44. The van der Waals surface area contributed by atoms with Crippen molar-refractivity contribution in [2.45, 2.75) is 0 Å². The SMILES string of the molecule is Fc1ccc2ccccc2[nH+]1. The number of H-pyrrole nitrogens is 1. The van der Waals surface area contributed by atoms with E-state index in [-0.39, 0.29) is 5.95 Å². The summed E-state index contributed by atoms with van der Waals surface area (Å²) in [5.41, 5.74) is 0.826. The first-order chi connectivity index (χ1) is 5.36. The van der Waals surface area contributed by atoms with Crippen LogP contribution in [0.4, 0.5) is 4.39 Å². The van der Waals surface area contributed by atoms with Gasteiger partial charge in [-0.3, -0.25) is 0 Å². The van der Waals surface area contributed by atoms with Crippen LogP contribution in [0.15, 0.2) is 36.4 Å². The summed E-state index contributed by atoms with van der Waals surface area (Å²) in [4.78, 5) is 2.62. The van der Waals surface area contributed by atoms with Gasteiger partial charge in [0.25, 0.3) is 0 Å². The average Bonchev–Trinajstić information content (AvgIpc) is 2.04. The third-order valence-electron chi connectivity index (χ3n) is 1.62. The molecule has 0 fully saturated rings. The van der Waals surface area contributed by atoms with Crippen molar-refractivity contribution < 1.29 is 9.37 Å². The minimum absolute atomic E-state index is 0.302. The molecule has 0 bridgehead atoms. The van der Waals surface area contributed by atoms with E-state index in [1.165, 1.54) is 6.07 Å². The summed E-state index contributed by atoms with van der Waals surface area (Å²) in [5, 5.41) is 1.02. The lowest BCUT2D eigenvalue weighted by Crippen LogP contribution is -2.08. The van der Waals surface area contributed by atoms with Gasteiger partial charge in [-0.05, 0) is 12.1 Å². The number of rotatable bonds is 0. The maximum absolute atomic E-state index is 12.6. The van der Waals surface area contributed by atoms with E-state index in [2.05, 4.69) is 4.98 Å². The Morgan fingerprint density at radius 2 is 1.82 bits per heavy atom. The van der Waals surface area contributed by atoms with Crippen LogP contribution in [0.25, 0.3) is 10.9 Å². The molecule has 1 aromatic carbocycles. The molecule has 2 rings (SSSR count). The fraction of sp³-hybridized carbons (Fsp3) is 0. The maximum atomic E-state index is 12.6. The number of aromatic amines is 1. The summed E-state index contributed by atoms with van der Waals surface area (Å²) in [7, 11) is 0. The average molecular weight is 148 g/mol. The van der Waals surface area contributed by atoms with Crippen LogP contribution in [0.5, 0.6) is 0 Å². The Bertz CT molecular complexity index is 384. The van der Waals surface area contributed by atoms with Gasteiger partial charge in [0.05, 0.1) is 0 Å². The van der Waals surface area contributed by atoms with Gasteiger partial charge in [-0.15, -0.1) is 4.39 Å². The molecular formula is C9H7FN+. The Labute approximate surface area is 63.5 Å². The highest BCUT2D eigenvalue weighted by molar-refractivity contribution is 5.74. The summed E-state index contributed by atoms with van der Waals surface area (Å²) in [6.07, 6.45) is 0. The van der Waals surface area contributed by atoms with E-state index in [1.54, 1.807) is 6.07 Å². The van der Waals surface area contributed by atoms with Gasteiger partial charge in [0.1, 0.15) is 0 Å². The van der Waals surface area contributed by atoms with Crippen molar-refractivity contribution in [1.29, 1.82) is 0 Å². The third kappa shape index (κ3) is 1.07. The van der Waals surface area contributed by atoms with Crippen molar-refractivity contribution in [2.75, 3.05) is 0 Å². The van der Waals surface area contributed by atoms with Gasteiger partial charge in [-0.25, -0.2) is 0 Å². The lowest BCUT2D eigenvalue weighted by atomic mass is 10.2. The fourth-order valence-electron chi connectivity index (χ4n) is 1.09. The zero-order valence-corrected chi connectivity index (χ0v) is 5.84. The molecule has 54 valence electrons. The highest BCUT2D eigenvalue weighted by atomic mass is 19.1. The molecular weight excluding hydrogens is 141 g/mol. The number of nitrogens with one attached hydrogen (secondary N) is 1. The zero-order chi connectivity index (χ0) is 7.68. The molecule has 11 heavy (non-hydrogen) atoms. The predicted molar refractivity (Wildman–Crippen MR) is 40.5 cm³/mol. The molecule has 0 saturated carbocycles. The van der Waals surface area contributed by atoms with Gasteiger partial charge in [-0.2, -0.15) is 4.98 Å². The molecule has 0 saturated heterocycles. The largest absolute Gasteiger partial charge is 0.358 e. The standard InChI is InChI=1S/C9H6FN/c10-9-6-5-7-3-1-2-4-8(7)11-9/h1-6H/p+1. The van der Waals surface area contributed by atoms with Crippen LogP contribution in [0, 0.1) is 5.95 Å². The Morgan fingerprint density at radius 1 is 1.00 bits per heavy atom. The van der Waals surface area contributed by atoms with Gasteiger partial charge in [-0.1, -0.05) is 12.1 Å². The molecule has 0 amide bonds. The smallest absolute Gasteiger partial charge is 0.179 e. The fourth-order valence-corrected chi connectivity index (χ4v) is 1.09. The molecule has 0 atom stereocenters. The van der Waals surface area contributed by atoms with Crippen LogP contribution >= 0.6 is 0 Å². The predicted octanol–water partition coefficient (Wildman–Crippen LogP) is 1.79. The molecule has 0 aliphatic carbocycles. The minimum Gasteiger partial charge on any atom is -0.179 e. The highest BCUT2D eigenvalue weighted by Gasteiger charge is 2.00. The Kier molecular flexibility index (Phi) is 1.32. The zero-order valence-electron chi connectivity index (χ0n) is 5.84. The molecule has 1 heterocycles. The van der Waals surface area contributed by atoms with Crippen LogP contribution < -0.4 is 4.98 Å². The van der Waals surface area contributed by atoms with Gasteiger partial charge in [0, 0.05) is 17.5 Å². The van der Waals surface area contributed by atoms with Gasteiger partial charge >= 0.3 is 5.95 Å². The molecule has 0 unspecified atom stereocenters. The number of halogens is 1. The first-order valence-electron chi connectivity index (χ1n) is 3.43. The molecule has 0 aliphatic rings. The molecule has 0 radical (unpaired) electrons. The highest BCUT2D eigenvalue weighted by Crippen LogP contribution is 2.06. The number of para-hydroxylation sites is 1. The summed E-state index contributed by atoms with van der Waals surface area (Å²) >= 11 is 0. The number of benzene rings is 1. The second-order valence-electron chi connectivity index (χ2n) is 2.39. The third-order valence-corrected chi connectivity index (χ3v) is 1.62. The van der Waals surface area contributed by atoms with Crippen LogP contribution in [0.2, 0.25) is 0 Å². The Balaban J connectivity index is 2.83. The number of fused-ring (bicyclic) bond motifs is 1. The van der Waals surface area contributed by atoms with Crippen molar-refractivity contribution >= 4 is 10.9 Å². The topological polar surface area (TPSA) is 14.1 Å². The van der Waals surface area contributed by atoms with Crippen LogP contribution in [0.3, 0.4) is 0 Å².